The van der Waals surface area contributed by atoms with Gasteiger partial charge in [-0.05, 0) is 57.6 Å². The topological polar surface area (TPSA) is 30.7 Å². The Balaban J connectivity index is 1.19. The van der Waals surface area contributed by atoms with Crippen molar-refractivity contribution in [2.75, 3.05) is 0 Å². The highest BCUT2D eigenvalue weighted by Gasteiger charge is 2.40. The van der Waals surface area contributed by atoms with Gasteiger partial charge in [0.05, 0.1) is 22.4 Å². The molecule has 0 amide bonds. The molecular weight excluding hydrogens is 595 g/mol. The fourth-order valence-corrected chi connectivity index (χ4v) is 8.77. The summed E-state index contributed by atoms with van der Waals surface area (Å²) < 4.78 is 2.43. The van der Waals surface area contributed by atoms with Crippen LogP contribution in [0.25, 0.3) is 72.4 Å². The SMILES string of the molecule is CC1(C)c2ccccc2-c2c1ccc1c2c2ccccc2n1-c1ccc(-c2nc(-c3ccccc3)nc3c2-c2ccccc2C3(C)C)cc1. The number of rotatable bonds is 3. The number of aromatic nitrogens is 3. The van der Waals surface area contributed by atoms with E-state index in [2.05, 4.69) is 166 Å². The highest BCUT2D eigenvalue weighted by atomic mass is 15.0. The maximum atomic E-state index is 5.30. The molecule has 0 radical (unpaired) electrons. The summed E-state index contributed by atoms with van der Waals surface area (Å²) in [5.74, 6) is 0.763. The van der Waals surface area contributed by atoms with Crippen molar-refractivity contribution in [2.24, 2.45) is 0 Å². The minimum atomic E-state index is -0.233. The molecule has 6 aromatic carbocycles. The van der Waals surface area contributed by atoms with E-state index in [1.165, 1.54) is 55.2 Å². The number of fused-ring (bicyclic) bond motifs is 10. The maximum absolute atomic E-state index is 5.30. The summed E-state index contributed by atoms with van der Waals surface area (Å²) in [6, 6.07) is 50.6. The lowest BCUT2D eigenvalue weighted by atomic mass is 9.82. The smallest absolute Gasteiger partial charge is 0.160 e. The van der Waals surface area contributed by atoms with Crippen LogP contribution in [0.5, 0.6) is 0 Å². The predicted octanol–water partition coefficient (Wildman–Crippen LogP) is 11.5. The fourth-order valence-electron chi connectivity index (χ4n) is 8.77. The number of benzene rings is 6. The molecule has 2 aliphatic rings. The van der Waals surface area contributed by atoms with Gasteiger partial charge in [-0.1, -0.05) is 143 Å². The maximum Gasteiger partial charge on any atom is 0.160 e. The largest absolute Gasteiger partial charge is 0.309 e. The van der Waals surface area contributed by atoms with Gasteiger partial charge in [0.25, 0.3) is 0 Å². The van der Waals surface area contributed by atoms with Crippen LogP contribution in [0.2, 0.25) is 0 Å². The zero-order chi connectivity index (χ0) is 33.1. The molecule has 2 aromatic heterocycles. The number of hydrogen-bond acceptors (Lipinski definition) is 2. The zero-order valence-corrected chi connectivity index (χ0v) is 28.1. The van der Waals surface area contributed by atoms with Gasteiger partial charge in [-0.2, -0.15) is 0 Å². The molecule has 0 spiro atoms. The molecule has 0 N–H and O–H groups in total. The van der Waals surface area contributed by atoms with Crippen molar-refractivity contribution < 1.29 is 0 Å². The summed E-state index contributed by atoms with van der Waals surface area (Å²) in [6.45, 7) is 9.28. The highest BCUT2D eigenvalue weighted by molar-refractivity contribution is 6.17. The Morgan fingerprint density at radius 3 is 1.86 bits per heavy atom. The van der Waals surface area contributed by atoms with Crippen LogP contribution >= 0.6 is 0 Å². The zero-order valence-electron chi connectivity index (χ0n) is 28.1. The van der Waals surface area contributed by atoms with Gasteiger partial charge in [0.15, 0.2) is 5.82 Å². The monoisotopic (exact) mass is 629 g/mol. The Kier molecular flexibility index (Phi) is 5.69. The molecule has 49 heavy (non-hydrogen) atoms. The van der Waals surface area contributed by atoms with E-state index in [-0.39, 0.29) is 10.8 Å². The van der Waals surface area contributed by atoms with Crippen LogP contribution in [0, 0.1) is 0 Å². The van der Waals surface area contributed by atoms with Crippen molar-refractivity contribution in [3.8, 4) is 50.6 Å². The van der Waals surface area contributed by atoms with Crippen LogP contribution in [0.15, 0.2) is 140 Å². The van der Waals surface area contributed by atoms with Gasteiger partial charge in [0.2, 0.25) is 0 Å². The van der Waals surface area contributed by atoms with Crippen LogP contribution in [0.1, 0.15) is 50.1 Å². The number of nitrogens with zero attached hydrogens (tertiary/aromatic N) is 3. The van der Waals surface area contributed by atoms with E-state index in [0.29, 0.717) is 0 Å². The number of hydrogen-bond donors (Lipinski definition) is 0. The summed E-state index contributed by atoms with van der Waals surface area (Å²) in [4.78, 5) is 10.5. The average molecular weight is 630 g/mol. The highest BCUT2D eigenvalue weighted by Crippen LogP contribution is 2.54. The van der Waals surface area contributed by atoms with Crippen molar-refractivity contribution in [3.05, 3.63) is 162 Å². The van der Waals surface area contributed by atoms with Crippen LogP contribution in [0.4, 0.5) is 0 Å². The van der Waals surface area contributed by atoms with E-state index in [1.807, 2.05) is 6.07 Å². The van der Waals surface area contributed by atoms with Crippen molar-refractivity contribution in [1.29, 1.82) is 0 Å². The fraction of sp³-hybridized carbons (Fsp3) is 0.130. The Hall–Kier alpha value is -5.80. The Morgan fingerprint density at radius 2 is 1.10 bits per heavy atom. The second kappa shape index (κ2) is 9.87. The molecule has 0 aliphatic heterocycles. The number of para-hydroxylation sites is 1. The average Bonchev–Trinajstić information content (AvgIpc) is 3.69. The van der Waals surface area contributed by atoms with E-state index in [1.54, 1.807) is 0 Å². The summed E-state index contributed by atoms with van der Waals surface area (Å²) in [5.41, 5.74) is 16.6. The van der Waals surface area contributed by atoms with Crippen molar-refractivity contribution in [3.63, 3.8) is 0 Å². The predicted molar refractivity (Wildman–Crippen MR) is 202 cm³/mol. The van der Waals surface area contributed by atoms with Crippen LogP contribution in [0.3, 0.4) is 0 Å². The van der Waals surface area contributed by atoms with E-state index in [4.69, 9.17) is 9.97 Å². The molecule has 234 valence electrons. The van der Waals surface area contributed by atoms with E-state index < -0.39 is 0 Å². The second-order valence-corrected chi connectivity index (χ2v) is 14.6. The van der Waals surface area contributed by atoms with Crippen LogP contribution in [-0.4, -0.2) is 14.5 Å². The van der Waals surface area contributed by atoms with E-state index in [0.717, 1.165) is 39.6 Å². The molecule has 3 heteroatoms. The lowest BCUT2D eigenvalue weighted by molar-refractivity contribution is 0.636. The summed E-state index contributed by atoms with van der Waals surface area (Å²) >= 11 is 0. The first kappa shape index (κ1) is 28.2. The second-order valence-electron chi connectivity index (χ2n) is 14.6. The van der Waals surface area contributed by atoms with E-state index in [9.17, 15) is 0 Å². The van der Waals surface area contributed by atoms with Crippen molar-refractivity contribution >= 4 is 21.8 Å². The third-order valence-electron chi connectivity index (χ3n) is 11.2. The molecule has 0 atom stereocenters. The molecule has 0 unspecified atom stereocenters. The van der Waals surface area contributed by atoms with Crippen LogP contribution < -0.4 is 0 Å². The molecule has 0 saturated heterocycles. The van der Waals surface area contributed by atoms with Crippen molar-refractivity contribution in [1.82, 2.24) is 14.5 Å². The standard InChI is InChI=1S/C46H35N3/c1-45(2)34-19-11-8-16-31(34)39-36(45)26-27-38-40(39)33-18-10-13-21-37(33)49(38)30-24-22-28(23-25-30)42-41-32-17-9-12-20-35(32)46(3,4)43(41)48-44(47-42)29-14-6-5-7-15-29/h5-27H,1-4H3. The molecule has 0 bridgehead atoms. The van der Waals surface area contributed by atoms with Gasteiger partial charge in [0.1, 0.15) is 0 Å². The third-order valence-corrected chi connectivity index (χ3v) is 11.2. The molecule has 0 fully saturated rings. The summed E-state index contributed by atoms with van der Waals surface area (Å²) in [6.07, 6.45) is 0. The molecule has 10 rings (SSSR count). The third kappa shape index (κ3) is 3.79. The van der Waals surface area contributed by atoms with Gasteiger partial charge in [-0.15, -0.1) is 0 Å². The molecule has 3 nitrogen and oxygen atoms in total. The lowest BCUT2D eigenvalue weighted by Gasteiger charge is -2.21. The summed E-state index contributed by atoms with van der Waals surface area (Å²) in [7, 11) is 0. The van der Waals surface area contributed by atoms with Gasteiger partial charge in [-0.25, -0.2) is 9.97 Å². The minimum Gasteiger partial charge on any atom is -0.309 e. The molecular formula is C46H35N3. The Bertz CT molecular complexity index is 2640. The van der Waals surface area contributed by atoms with Gasteiger partial charge >= 0.3 is 0 Å². The Morgan fingerprint density at radius 1 is 0.469 bits per heavy atom. The van der Waals surface area contributed by atoms with Gasteiger partial charge in [0, 0.05) is 44.0 Å². The quantitative estimate of drug-likeness (QED) is 0.195. The molecule has 2 heterocycles. The van der Waals surface area contributed by atoms with Gasteiger partial charge < -0.3 is 4.57 Å². The molecule has 8 aromatic rings. The summed E-state index contributed by atoms with van der Waals surface area (Å²) in [5, 5.41) is 2.61. The first-order valence-corrected chi connectivity index (χ1v) is 17.2. The normalized spacial score (nSPS) is 14.9. The Labute approximate surface area is 286 Å². The lowest BCUT2D eigenvalue weighted by Crippen LogP contribution is -2.17. The van der Waals surface area contributed by atoms with E-state index >= 15 is 0 Å². The van der Waals surface area contributed by atoms with Crippen molar-refractivity contribution in [2.45, 2.75) is 38.5 Å². The first-order valence-electron chi connectivity index (χ1n) is 17.2. The van der Waals surface area contributed by atoms with Gasteiger partial charge in [-0.3, -0.25) is 0 Å². The van der Waals surface area contributed by atoms with Crippen LogP contribution in [-0.2, 0) is 10.8 Å². The first-order chi connectivity index (χ1) is 23.8. The minimum absolute atomic E-state index is 0.0471. The molecule has 0 saturated carbocycles. The molecule has 2 aliphatic carbocycles.